The highest BCUT2D eigenvalue weighted by Crippen LogP contribution is 2.28. The van der Waals surface area contributed by atoms with Crippen molar-refractivity contribution in [3.63, 3.8) is 0 Å². The third kappa shape index (κ3) is 5.76. The molecule has 2 saturated heterocycles. The lowest BCUT2D eigenvalue weighted by Crippen LogP contribution is -2.34. The molecule has 0 aromatic heterocycles. The number of rotatable bonds is 6. The van der Waals surface area contributed by atoms with Gasteiger partial charge in [-0.05, 0) is 24.6 Å². The highest BCUT2D eigenvalue weighted by atomic mass is 32.2. The van der Waals surface area contributed by atoms with Crippen LogP contribution in [0, 0.1) is 5.82 Å². The fraction of sp³-hybridized carbons (Fsp3) is 0.600. The number of benzene rings is 1. The average molecular weight is 426 g/mol. The van der Waals surface area contributed by atoms with E-state index in [1.165, 1.54) is 11.0 Å². The van der Waals surface area contributed by atoms with Crippen molar-refractivity contribution >= 4 is 34.6 Å². The van der Waals surface area contributed by atoms with Crippen LogP contribution in [-0.4, -0.2) is 60.3 Å². The van der Waals surface area contributed by atoms with Crippen molar-refractivity contribution in [2.75, 3.05) is 47.5 Å². The highest BCUT2D eigenvalue weighted by molar-refractivity contribution is 7.91. The van der Waals surface area contributed by atoms with E-state index in [0.29, 0.717) is 42.4 Å². The average Bonchev–Trinajstić information content (AvgIpc) is 3.04. The monoisotopic (exact) mass is 425 g/mol. The topological polar surface area (TPSA) is 84.9 Å². The number of nitrogens with one attached hydrogen (secondary N) is 1. The number of carbonyl (C=O) groups excluding carboxylic acids is 2. The molecular formula is C20H28FN3O4S. The minimum atomic E-state index is -0.769. The predicted molar refractivity (Wildman–Crippen MR) is 111 cm³/mol. The fourth-order valence-electron chi connectivity index (χ4n) is 3.59. The highest BCUT2D eigenvalue weighted by Gasteiger charge is 2.33. The number of halogens is 1. The molecule has 1 atom stereocenters. The Morgan fingerprint density at radius 1 is 1.34 bits per heavy atom. The van der Waals surface area contributed by atoms with Crippen molar-refractivity contribution in [2.45, 2.75) is 38.7 Å². The van der Waals surface area contributed by atoms with Crippen LogP contribution in [0.2, 0.25) is 0 Å². The lowest BCUT2D eigenvalue weighted by Gasteiger charge is -2.28. The molecule has 9 heteroatoms. The lowest BCUT2D eigenvalue weighted by molar-refractivity contribution is -0.121. The van der Waals surface area contributed by atoms with Crippen molar-refractivity contribution in [2.24, 2.45) is 0 Å². The molecule has 0 aliphatic carbocycles. The number of hydrogen-bond acceptors (Lipinski definition) is 5. The molecule has 0 bridgehead atoms. The Morgan fingerprint density at radius 3 is 2.72 bits per heavy atom. The Bertz CT molecular complexity index is 726. The van der Waals surface area contributed by atoms with Gasteiger partial charge in [0, 0.05) is 32.4 Å². The molecule has 0 spiro atoms. The summed E-state index contributed by atoms with van der Waals surface area (Å²) in [7, 11) is 0. The van der Waals surface area contributed by atoms with Crippen molar-refractivity contribution in [1.29, 1.82) is 0 Å². The summed E-state index contributed by atoms with van der Waals surface area (Å²) in [5.74, 6) is 0.823. The standard InChI is InChI=1S/C20H28FN3O4S/c1-2-5-19(25)22-13-16-14-24(20(26)28-16)15-6-7-18(17(21)12-15)23-8-3-10-29(27)11-4-9-23/h6-7,12,16H,2-5,8-11,13-14H2,1H3,(H,22,25). The maximum atomic E-state index is 14.8. The molecule has 0 saturated carbocycles. The second-order valence-electron chi connectivity index (χ2n) is 7.35. The van der Waals surface area contributed by atoms with Crippen LogP contribution in [0.4, 0.5) is 20.6 Å². The van der Waals surface area contributed by atoms with E-state index in [2.05, 4.69) is 5.32 Å². The van der Waals surface area contributed by atoms with Gasteiger partial charge in [-0.15, -0.1) is 0 Å². The summed E-state index contributed by atoms with van der Waals surface area (Å²) in [6, 6.07) is 4.76. The number of ether oxygens (including phenoxy) is 1. The van der Waals surface area contributed by atoms with E-state index >= 15 is 0 Å². The molecule has 2 amide bonds. The van der Waals surface area contributed by atoms with Gasteiger partial charge in [-0.3, -0.25) is 9.69 Å². The summed E-state index contributed by atoms with van der Waals surface area (Å²) < 4.78 is 31.8. The number of nitrogens with zero attached hydrogens (tertiary/aromatic N) is 2. The molecule has 3 rings (SSSR count). The van der Waals surface area contributed by atoms with Gasteiger partial charge < -0.3 is 19.5 Å². The summed E-state index contributed by atoms with van der Waals surface area (Å²) in [6.45, 7) is 3.75. The third-order valence-corrected chi connectivity index (χ3v) is 6.55. The molecule has 1 aromatic rings. The maximum absolute atomic E-state index is 14.8. The molecule has 1 N–H and O–H groups in total. The first-order chi connectivity index (χ1) is 14.0. The summed E-state index contributed by atoms with van der Waals surface area (Å²) >= 11 is -0.769. The van der Waals surface area contributed by atoms with Crippen LogP contribution >= 0.6 is 0 Å². The molecule has 7 nitrogen and oxygen atoms in total. The van der Waals surface area contributed by atoms with Crippen LogP contribution in [-0.2, 0) is 20.7 Å². The lowest BCUT2D eigenvalue weighted by atomic mass is 10.2. The maximum Gasteiger partial charge on any atom is 0.414 e. The van der Waals surface area contributed by atoms with E-state index in [0.717, 1.165) is 19.3 Å². The zero-order chi connectivity index (χ0) is 20.8. The van der Waals surface area contributed by atoms with Crippen LogP contribution in [0.15, 0.2) is 18.2 Å². The molecule has 1 unspecified atom stereocenters. The first kappa shape index (κ1) is 21.7. The van der Waals surface area contributed by atoms with Gasteiger partial charge in [0.1, 0.15) is 23.4 Å². The van der Waals surface area contributed by atoms with Gasteiger partial charge >= 0.3 is 6.09 Å². The zero-order valence-electron chi connectivity index (χ0n) is 16.7. The van der Waals surface area contributed by atoms with Crippen molar-refractivity contribution in [3.8, 4) is 0 Å². The summed E-state index contributed by atoms with van der Waals surface area (Å²) in [4.78, 5) is 27.2. The normalized spacial score (nSPS) is 20.9. The van der Waals surface area contributed by atoms with Gasteiger partial charge in [-0.25, -0.2) is 9.18 Å². The summed E-state index contributed by atoms with van der Waals surface area (Å²) in [6.07, 6.45) is 1.71. The van der Waals surface area contributed by atoms with Crippen LogP contribution in [0.5, 0.6) is 0 Å². The zero-order valence-corrected chi connectivity index (χ0v) is 17.5. The predicted octanol–water partition coefficient (Wildman–Crippen LogP) is 2.42. The van der Waals surface area contributed by atoms with E-state index in [1.807, 2.05) is 11.8 Å². The van der Waals surface area contributed by atoms with E-state index in [9.17, 15) is 18.5 Å². The Hall–Kier alpha value is -2.00. The Balaban J connectivity index is 1.62. The first-order valence-corrected chi connectivity index (χ1v) is 11.6. The number of cyclic esters (lactones) is 1. The van der Waals surface area contributed by atoms with Crippen molar-refractivity contribution in [3.05, 3.63) is 24.0 Å². The van der Waals surface area contributed by atoms with Gasteiger partial charge in [-0.1, -0.05) is 18.1 Å². The van der Waals surface area contributed by atoms with Crippen LogP contribution < -0.4 is 15.1 Å². The Labute approximate surface area is 173 Å². The summed E-state index contributed by atoms with van der Waals surface area (Å²) in [5, 5.41) is 2.75. The van der Waals surface area contributed by atoms with Crippen LogP contribution in [0.25, 0.3) is 0 Å². The molecule has 2 aliphatic rings. The molecule has 2 aliphatic heterocycles. The quantitative estimate of drug-likeness (QED) is 0.708. The second-order valence-corrected chi connectivity index (χ2v) is 9.04. The number of amides is 2. The van der Waals surface area contributed by atoms with Crippen molar-refractivity contribution in [1.82, 2.24) is 5.32 Å². The minimum absolute atomic E-state index is 0.0746. The Kier molecular flexibility index (Phi) is 7.60. The van der Waals surface area contributed by atoms with E-state index in [4.69, 9.17) is 4.74 Å². The largest absolute Gasteiger partial charge is 0.616 e. The Morgan fingerprint density at radius 2 is 2.07 bits per heavy atom. The van der Waals surface area contributed by atoms with Gasteiger partial charge in [0.2, 0.25) is 5.91 Å². The van der Waals surface area contributed by atoms with Crippen molar-refractivity contribution < 1.29 is 23.3 Å². The number of anilines is 2. The molecule has 1 aromatic carbocycles. The van der Waals surface area contributed by atoms with Gasteiger partial charge in [0.05, 0.1) is 24.5 Å². The fourth-order valence-corrected chi connectivity index (χ4v) is 4.70. The third-order valence-electron chi connectivity index (χ3n) is 5.06. The first-order valence-electron chi connectivity index (χ1n) is 10.1. The molecule has 2 heterocycles. The van der Waals surface area contributed by atoms with Gasteiger partial charge in [0.15, 0.2) is 0 Å². The molecule has 160 valence electrons. The number of carbonyl (C=O) groups is 2. The van der Waals surface area contributed by atoms with E-state index in [1.54, 1.807) is 12.1 Å². The van der Waals surface area contributed by atoms with Crippen LogP contribution in [0.1, 0.15) is 32.6 Å². The van der Waals surface area contributed by atoms with E-state index in [-0.39, 0.29) is 19.0 Å². The molecule has 2 fully saturated rings. The van der Waals surface area contributed by atoms with E-state index < -0.39 is 29.2 Å². The smallest absolute Gasteiger partial charge is 0.414 e. The SMILES string of the molecule is CCCC(=O)NCC1CN(c2ccc(N3CCC[S+]([O-])CCC3)c(F)c2)C(=O)O1. The van der Waals surface area contributed by atoms with Crippen LogP contribution in [0.3, 0.4) is 0 Å². The van der Waals surface area contributed by atoms with Gasteiger partial charge in [0.25, 0.3) is 0 Å². The molecule has 29 heavy (non-hydrogen) atoms. The minimum Gasteiger partial charge on any atom is -0.616 e. The second kappa shape index (κ2) is 10.2. The number of hydrogen-bond donors (Lipinski definition) is 1. The molecule has 0 radical (unpaired) electrons. The summed E-state index contributed by atoms with van der Waals surface area (Å²) in [5.41, 5.74) is 0.934. The molecular weight excluding hydrogens is 397 g/mol. The van der Waals surface area contributed by atoms with Gasteiger partial charge in [-0.2, -0.15) is 0 Å².